The Balaban J connectivity index is 1.74. The zero-order valence-electron chi connectivity index (χ0n) is 18.3. The van der Waals surface area contributed by atoms with Crippen LogP contribution < -0.4 is 10.6 Å². The quantitative estimate of drug-likeness (QED) is 0.556. The van der Waals surface area contributed by atoms with Crippen molar-refractivity contribution in [3.63, 3.8) is 0 Å². The normalized spacial score (nSPS) is 17.3. The minimum Gasteiger partial charge on any atom is -0.397 e. The molecular formula is C24H25F3N4O2S. The SMILES string of the molecule is Nc1ccc(CN2c3ccccc3CN(S(=O)(=O)C(F)(F)F)CC2CCc2ccccc2)nc1. The number of benzene rings is 2. The second-order valence-corrected chi connectivity index (χ2v) is 10.2. The summed E-state index contributed by atoms with van der Waals surface area (Å²) >= 11 is 0. The second-order valence-electron chi connectivity index (χ2n) is 8.26. The highest BCUT2D eigenvalue weighted by atomic mass is 32.2. The fourth-order valence-corrected chi connectivity index (χ4v) is 5.15. The van der Waals surface area contributed by atoms with Gasteiger partial charge in [-0.2, -0.15) is 17.5 Å². The van der Waals surface area contributed by atoms with Crippen LogP contribution in [0.2, 0.25) is 0 Å². The lowest BCUT2D eigenvalue weighted by atomic mass is 10.0. The molecule has 1 aliphatic heterocycles. The summed E-state index contributed by atoms with van der Waals surface area (Å²) < 4.78 is 66.0. The molecule has 0 amide bonds. The van der Waals surface area contributed by atoms with Crippen LogP contribution in [0, 0.1) is 0 Å². The van der Waals surface area contributed by atoms with Crippen LogP contribution in [-0.2, 0) is 29.5 Å². The van der Waals surface area contributed by atoms with Crippen molar-refractivity contribution in [3.8, 4) is 0 Å². The van der Waals surface area contributed by atoms with E-state index < -0.39 is 21.6 Å². The molecule has 0 saturated carbocycles. The van der Waals surface area contributed by atoms with Gasteiger partial charge in [0, 0.05) is 24.8 Å². The molecule has 0 aliphatic carbocycles. The van der Waals surface area contributed by atoms with Crippen LogP contribution in [0.1, 0.15) is 23.2 Å². The lowest BCUT2D eigenvalue weighted by molar-refractivity contribution is -0.0492. The number of halogens is 3. The van der Waals surface area contributed by atoms with E-state index in [1.165, 1.54) is 6.20 Å². The maximum Gasteiger partial charge on any atom is 0.511 e. The molecule has 1 unspecified atom stereocenters. The molecule has 2 heterocycles. The molecule has 1 aliphatic rings. The minimum absolute atomic E-state index is 0.293. The minimum atomic E-state index is -5.51. The van der Waals surface area contributed by atoms with Crippen molar-refractivity contribution >= 4 is 21.4 Å². The highest BCUT2D eigenvalue weighted by molar-refractivity contribution is 7.89. The van der Waals surface area contributed by atoms with Crippen LogP contribution in [0.5, 0.6) is 0 Å². The van der Waals surface area contributed by atoms with Crippen molar-refractivity contribution in [2.24, 2.45) is 0 Å². The average Bonchev–Trinajstić information content (AvgIpc) is 2.96. The standard InChI is InChI=1S/C24H25F3N4O2S/c25-24(26,27)34(32,33)30-15-19-8-4-5-9-23(19)31(16-21-12-11-20(28)14-29-21)22(17-30)13-10-18-6-2-1-3-7-18/h1-9,11-12,14,22H,10,13,15-17,28H2. The molecule has 0 saturated heterocycles. The first-order valence-corrected chi connectivity index (χ1v) is 12.2. The van der Waals surface area contributed by atoms with Crippen LogP contribution in [0.3, 0.4) is 0 Å². The predicted octanol–water partition coefficient (Wildman–Crippen LogP) is 4.34. The van der Waals surface area contributed by atoms with Gasteiger partial charge in [0.15, 0.2) is 0 Å². The lowest BCUT2D eigenvalue weighted by Gasteiger charge is -2.34. The third-order valence-corrected chi connectivity index (χ3v) is 7.47. The number of hydrogen-bond donors (Lipinski definition) is 1. The molecule has 1 aromatic heterocycles. The first-order valence-electron chi connectivity index (χ1n) is 10.8. The molecule has 4 rings (SSSR count). The van der Waals surface area contributed by atoms with Crippen LogP contribution in [0.4, 0.5) is 24.5 Å². The fraction of sp³-hybridized carbons (Fsp3) is 0.292. The molecule has 3 aromatic rings. The third-order valence-electron chi connectivity index (χ3n) is 5.92. The number of hydrogen-bond acceptors (Lipinski definition) is 5. The van der Waals surface area contributed by atoms with Crippen LogP contribution >= 0.6 is 0 Å². The summed E-state index contributed by atoms with van der Waals surface area (Å²) in [4.78, 5) is 6.32. The summed E-state index contributed by atoms with van der Waals surface area (Å²) in [5, 5.41) is 0. The van der Waals surface area contributed by atoms with Crippen molar-refractivity contribution in [2.45, 2.75) is 37.5 Å². The van der Waals surface area contributed by atoms with Gasteiger partial charge < -0.3 is 10.6 Å². The van der Waals surface area contributed by atoms with Gasteiger partial charge in [-0.15, -0.1) is 0 Å². The number of para-hydroxylation sites is 1. The predicted molar refractivity (Wildman–Crippen MR) is 125 cm³/mol. The van der Waals surface area contributed by atoms with E-state index in [1.54, 1.807) is 30.3 Å². The van der Waals surface area contributed by atoms with Gasteiger partial charge in [-0.3, -0.25) is 4.98 Å². The largest absolute Gasteiger partial charge is 0.511 e. The Morgan fingerprint density at radius 2 is 1.71 bits per heavy atom. The van der Waals surface area contributed by atoms with Crippen LogP contribution in [-0.4, -0.2) is 35.8 Å². The monoisotopic (exact) mass is 490 g/mol. The maximum atomic E-state index is 13.5. The number of nitrogens with two attached hydrogens (primary N) is 1. The van der Waals surface area contributed by atoms with Gasteiger partial charge in [0.1, 0.15) is 0 Å². The number of nitrogens with zero attached hydrogens (tertiary/aromatic N) is 3. The molecule has 1 atom stereocenters. The average molecular weight is 491 g/mol. The molecule has 0 fully saturated rings. The van der Waals surface area contributed by atoms with Gasteiger partial charge in [0.05, 0.1) is 24.1 Å². The maximum absolute atomic E-state index is 13.5. The highest BCUT2D eigenvalue weighted by Gasteiger charge is 2.51. The van der Waals surface area contributed by atoms with E-state index in [0.29, 0.717) is 46.3 Å². The molecular weight excluding hydrogens is 465 g/mol. The summed E-state index contributed by atoms with van der Waals surface area (Å²) in [6, 6.07) is 19.5. The highest BCUT2D eigenvalue weighted by Crippen LogP contribution is 2.35. The van der Waals surface area contributed by atoms with Crippen LogP contribution in [0.25, 0.3) is 0 Å². The van der Waals surface area contributed by atoms with Gasteiger partial charge in [-0.05, 0) is 42.2 Å². The van der Waals surface area contributed by atoms with Crippen molar-refractivity contribution in [1.82, 2.24) is 9.29 Å². The molecule has 180 valence electrons. The molecule has 2 N–H and O–H groups in total. The van der Waals surface area contributed by atoms with Crippen molar-refractivity contribution in [2.75, 3.05) is 17.2 Å². The van der Waals surface area contributed by atoms with Crippen LogP contribution in [0.15, 0.2) is 72.9 Å². The number of fused-ring (bicyclic) bond motifs is 1. The summed E-state index contributed by atoms with van der Waals surface area (Å²) in [5.74, 6) is 0. The third kappa shape index (κ3) is 5.18. The molecule has 34 heavy (non-hydrogen) atoms. The van der Waals surface area contributed by atoms with Gasteiger partial charge in [-0.1, -0.05) is 48.5 Å². The van der Waals surface area contributed by atoms with E-state index >= 15 is 0 Å². The van der Waals surface area contributed by atoms with E-state index in [4.69, 9.17) is 5.73 Å². The first-order chi connectivity index (χ1) is 16.1. The van der Waals surface area contributed by atoms with Crippen molar-refractivity contribution < 1.29 is 21.6 Å². The number of pyridine rings is 1. The van der Waals surface area contributed by atoms with E-state index in [9.17, 15) is 21.6 Å². The van der Waals surface area contributed by atoms with Gasteiger partial charge in [0.25, 0.3) is 0 Å². The van der Waals surface area contributed by atoms with Gasteiger partial charge >= 0.3 is 15.5 Å². The summed E-state index contributed by atoms with van der Waals surface area (Å²) in [6.07, 6.45) is 2.56. The molecule has 0 bridgehead atoms. The van der Waals surface area contributed by atoms with Crippen molar-refractivity contribution in [1.29, 1.82) is 0 Å². The van der Waals surface area contributed by atoms with E-state index in [0.717, 1.165) is 5.56 Å². The Kier molecular flexibility index (Phi) is 6.81. The topological polar surface area (TPSA) is 79.5 Å². The molecule has 0 radical (unpaired) electrons. The van der Waals surface area contributed by atoms with Gasteiger partial charge in [-0.25, -0.2) is 8.42 Å². The summed E-state index contributed by atoms with van der Waals surface area (Å²) in [5.41, 5.74) is 3.79. The van der Waals surface area contributed by atoms with E-state index in [2.05, 4.69) is 4.98 Å². The summed E-state index contributed by atoms with van der Waals surface area (Å²) in [6.45, 7) is -0.347. The Bertz CT molecular complexity index is 1220. The number of sulfonamides is 1. The smallest absolute Gasteiger partial charge is 0.397 e. The Hall–Kier alpha value is -3.11. The Morgan fingerprint density at radius 3 is 2.38 bits per heavy atom. The molecule has 0 spiro atoms. The van der Waals surface area contributed by atoms with Gasteiger partial charge in [0.2, 0.25) is 0 Å². The fourth-order valence-electron chi connectivity index (χ4n) is 4.18. The zero-order chi connectivity index (χ0) is 24.3. The number of rotatable bonds is 6. The molecule has 10 heteroatoms. The Morgan fingerprint density at radius 1 is 1.00 bits per heavy atom. The Labute approximate surface area is 196 Å². The van der Waals surface area contributed by atoms with E-state index in [1.807, 2.05) is 41.3 Å². The summed E-state index contributed by atoms with van der Waals surface area (Å²) in [7, 11) is -5.51. The number of alkyl halides is 3. The number of aromatic nitrogens is 1. The van der Waals surface area contributed by atoms with E-state index in [-0.39, 0.29) is 13.1 Å². The second kappa shape index (κ2) is 9.63. The molecule has 2 aromatic carbocycles. The van der Waals surface area contributed by atoms with Crippen molar-refractivity contribution in [3.05, 3.63) is 89.7 Å². The first kappa shape index (κ1) is 24.0. The molecule has 6 nitrogen and oxygen atoms in total. The number of anilines is 2. The number of aryl methyl sites for hydroxylation is 1. The number of nitrogen functional groups attached to an aromatic ring is 1. The lowest BCUT2D eigenvalue weighted by Crippen LogP contribution is -2.47. The zero-order valence-corrected chi connectivity index (χ0v) is 19.1.